The molecule has 0 bridgehead atoms. The van der Waals surface area contributed by atoms with E-state index in [0.717, 1.165) is 43.3 Å². The van der Waals surface area contributed by atoms with Gasteiger partial charge in [0.25, 0.3) is 0 Å². The van der Waals surface area contributed by atoms with Crippen LogP contribution in [0.4, 0.5) is 17.3 Å². The van der Waals surface area contributed by atoms with Gasteiger partial charge in [-0.2, -0.15) is 0 Å². The number of amides is 1. The molecule has 1 aromatic heterocycles. The third-order valence-electron chi connectivity index (χ3n) is 5.44. The summed E-state index contributed by atoms with van der Waals surface area (Å²) in [7, 11) is 1.64. The highest BCUT2D eigenvalue weighted by Crippen LogP contribution is 2.20. The summed E-state index contributed by atoms with van der Waals surface area (Å²) in [5, 5.41) is 2.90. The van der Waals surface area contributed by atoms with Crippen LogP contribution < -0.4 is 19.9 Å². The third kappa shape index (κ3) is 5.51. The van der Waals surface area contributed by atoms with Crippen LogP contribution >= 0.6 is 0 Å². The van der Waals surface area contributed by atoms with Gasteiger partial charge in [0.1, 0.15) is 23.7 Å². The molecule has 31 heavy (non-hydrogen) atoms. The molecule has 2 heterocycles. The Balaban J connectivity index is 1.29. The number of rotatable bonds is 7. The molecule has 0 unspecified atom stereocenters. The van der Waals surface area contributed by atoms with Crippen molar-refractivity contribution in [3.8, 4) is 5.75 Å². The summed E-state index contributed by atoms with van der Waals surface area (Å²) in [6.07, 6.45) is 2.56. The van der Waals surface area contributed by atoms with Crippen LogP contribution in [0, 0.1) is 0 Å². The molecule has 0 saturated carbocycles. The quantitative estimate of drug-likeness (QED) is 0.636. The maximum absolute atomic E-state index is 12.4. The lowest BCUT2D eigenvalue weighted by atomic mass is 10.1. The van der Waals surface area contributed by atoms with E-state index < -0.39 is 0 Å². The zero-order valence-electron chi connectivity index (χ0n) is 17.7. The number of aromatic nitrogens is 2. The van der Waals surface area contributed by atoms with Crippen LogP contribution in [0.1, 0.15) is 12.0 Å². The Morgan fingerprint density at radius 3 is 2.39 bits per heavy atom. The van der Waals surface area contributed by atoms with Crippen molar-refractivity contribution in [3.63, 3.8) is 0 Å². The van der Waals surface area contributed by atoms with Gasteiger partial charge in [0.15, 0.2) is 0 Å². The number of methoxy groups -OCH3 is 1. The Bertz CT molecular complexity index is 986. The Hall–Kier alpha value is -3.61. The molecule has 0 radical (unpaired) electrons. The van der Waals surface area contributed by atoms with Crippen molar-refractivity contribution < 1.29 is 9.53 Å². The molecule has 7 nitrogen and oxygen atoms in total. The maximum Gasteiger partial charge on any atom is 0.225 e. The van der Waals surface area contributed by atoms with Crippen molar-refractivity contribution in [1.82, 2.24) is 9.97 Å². The molecule has 7 heteroatoms. The molecule has 1 amide bonds. The lowest BCUT2D eigenvalue weighted by Crippen LogP contribution is -2.46. The first kappa shape index (κ1) is 20.7. The first-order valence-corrected chi connectivity index (χ1v) is 10.5. The van der Waals surface area contributed by atoms with Gasteiger partial charge in [-0.1, -0.05) is 30.3 Å². The summed E-state index contributed by atoms with van der Waals surface area (Å²) >= 11 is 0. The van der Waals surface area contributed by atoms with E-state index in [1.54, 1.807) is 7.11 Å². The molecule has 0 atom stereocenters. The highest BCUT2D eigenvalue weighted by atomic mass is 16.5. The van der Waals surface area contributed by atoms with Crippen LogP contribution in [0.2, 0.25) is 0 Å². The number of aryl methyl sites for hydroxylation is 1. The summed E-state index contributed by atoms with van der Waals surface area (Å²) in [6.45, 7) is 3.60. The molecule has 1 fully saturated rings. The number of carbonyl (C=O) groups is 1. The molecule has 0 spiro atoms. The predicted molar refractivity (Wildman–Crippen MR) is 123 cm³/mol. The van der Waals surface area contributed by atoms with Crippen molar-refractivity contribution in [3.05, 3.63) is 72.6 Å². The van der Waals surface area contributed by atoms with E-state index in [1.165, 1.54) is 12.0 Å². The molecule has 3 aromatic rings. The number of nitrogens with zero attached hydrogens (tertiary/aromatic N) is 4. The number of anilines is 3. The van der Waals surface area contributed by atoms with E-state index in [0.29, 0.717) is 18.7 Å². The number of nitrogens with one attached hydrogen (secondary N) is 1. The summed E-state index contributed by atoms with van der Waals surface area (Å²) in [4.78, 5) is 25.6. The Morgan fingerprint density at radius 2 is 1.68 bits per heavy atom. The minimum Gasteiger partial charge on any atom is -0.497 e. The van der Waals surface area contributed by atoms with E-state index in [2.05, 4.69) is 49.4 Å². The Kier molecular flexibility index (Phi) is 6.62. The minimum absolute atomic E-state index is 0.0608. The van der Waals surface area contributed by atoms with Gasteiger partial charge in [0.2, 0.25) is 5.91 Å². The van der Waals surface area contributed by atoms with Crippen molar-refractivity contribution in [2.45, 2.75) is 12.8 Å². The molecule has 1 aliphatic rings. The van der Waals surface area contributed by atoms with E-state index >= 15 is 0 Å². The standard InChI is InChI=1S/C24H27N5O2/c1-31-21-10-7-19(8-11-21)9-12-24(30)27-22-17-23(26-18-25-22)29-15-13-28(14-16-29)20-5-3-2-4-6-20/h2-8,10-11,17-18H,9,12-16H2,1H3,(H,25,26,27,30). The highest BCUT2D eigenvalue weighted by Gasteiger charge is 2.19. The average molecular weight is 418 g/mol. The summed E-state index contributed by atoms with van der Waals surface area (Å²) in [5.74, 6) is 2.13. The van der Waals surface area contributed by atoms with Crippen molar-refractivity contribution in [2.24, 2.45) is 0 Å². The van der Waals surface area contributed by atoms with Gasteiger partial charge in [-0.05, 0) is 36.2 Å². The van der Waals surface area contributed by atoms with Gasteiger partial charge in [-0.3, -0.25) is 4.79 Å². The second kappa shape index (κ2) is 9.93. The fourth-order valence-corrected chi connectivity index (χ4v) is 3.68. The normalized spacial score (nSPS) is 13.7. The zero-order valence-corrected chi connectivity index (χ0v) is 17.7. The molecule has 2 aromatic carbocycles. The fourth-order valence-electron chi connectivity index (χ4n) is 3.68. The topological polar surface area (TPSA) is 70.6 Å². The summed E-state index contributed by atoms with van der Waals surface area (Å²) < 4.78 is 5.16. The lowest BCUT2D eigenvalue weighted by molar-refractivity contribution is -0.116. The molecule has 160 valence electrons. The molecule has 4 rings (SSSR count). The Morgan fingerprint density at radius 1 is 0.968 bits per heavy atom. The van der Waals surface area contributed by atoms with Crippen LogP contribution in [0.15, 0.2) is 67.0 Å². The largest absolute Gasteiger partial charge is 0.497 e. The first-order chi connectivity index (χ1) is 15.2. The molecular weight excluding hydrogens is 390 g/mol. The molecule has 1 N–H and O–H groups in total. The van der Waals surface area contributed by atoms with Crippen LogP contribution in [0.25, 0.3) is 0 Å². The second-order valence-corrected chi connectivity index (χ2v) is 7.47. The second-order valence-electron chi connectivity index (χ2n) is 7.47. The first-order valence-electron chi connectivity index (χ1n) is 10.5. The van der Waals surface area contributed by atoms with E-state index in [-0.39, 0.29) is 5.91 Å². The Labute approximate surface area is 182 Å². The number of carbonyl (C=O) groups excluding carboxylic acids is 1. The zero-order chi connectivity index (χ0) is 21.5. The number of piperazine rings is 1. The van der Waals surface area contributed by atoms with Crippen molar-refractivity contribution in [2.75, 3.05) is 48.4 Å². The van der Waals surface area contributed by atoms with E-state index in [1.807, 2.05) is 36.4 Å². The molecular formula is C24H27N5O2. The van der Waals surface area contributed by atoms with Crippen molar-refractivity contribution in [1.29, 1.82) is 0 Å². The van der Waals surface area contributed by atoms with Crippen LogP contribution in [0.5, 0.6) is 5.75 Å². The predicted octanol–water partition coefficient (Wildman–Crippen LogP) is 3.38. The SMILES string of the molecule is COc1ccc(CCC(=O)Nc2cc(N3CCN(c4ccccc4)CC3)ncn2)cc1. The van der Waals surface area contributed by atoms with Gasteiger partial charge in [-0.15, -0.1) is 0 Å². The maximum atomic E-state index is 12.4. The van der Waals surface area contributed by atoms with E-state index in [4.69, 9.17) is 4.74 Å². The fraction of sp³-hybridized carbons (Fsp3) is 0.292. The smallest absolute Gasteiger partial charge is 0.225 e. The highest BCUT2D eigenvalue weighted by molar-refractivity contribution is 5.90. The number of hydrogen-bond acceptors (Lipinski definition) is 6. The van der Waals surface area contributed by atoms with Crippen LogP contribution in [0.3, 0.4) is 0 Å². The van der Waals surface area contributed by atoms with Gasteiger partial charge in [0.05, 0.1) is 7.11 Å². The van der Waals surface area contributed by atoms with Crippen LogP contribution in [-0.2, 0) is 11.2 Å². The van der Waals surface area contributed by atoms with Crippen molar-refractivity contribution >= 4 is 23.2 Å². The monoisotopic (exact) mass is 417 g/mol. The van der Waals surface area contributed by atoms with Gasteiger partial charge < -0.3 is 19.9 Å². The average Bonchev–Trinajstić information content (AvgIpc) is 2.84. The molecule has 0 aliphatic carbocycles. The number of hydrogen-bond donors (Lipinski definition) is 1. The number of para-hydroxylation sites is 1. The van der Waals surface area contributed by atoms with Gasteiger partial charge in [-0.25, -0.2) is 9.97 Å². The molecule has 1 saturated heterocycles. The number of benzene rings is 2. The third-order valence-corrected chi connectivity index (χ3v) is 5.44. The van der Waals surface area contributed by atoms with Crippen LogP contribution in [-0.4, -0.2) is 49.2 Å². The van der Waals surface area contributed by atoms with Gasteiger partial charge >= 0.3 is 0 Å². The van der Waals surface area contributed by atoms with E-state index in [9.17, 15) is 4.79 Å². The van der Waals surface area contributed by atoms with Gasteiger partial charge in [0, 0.05) is 44.4 Å². The lowest BCUT2D eigenvalue weighted by Gasteiger charge is -2.36. The summed E-state index contributed by atoms with van der Waals surface area (Å²) in [5.41, 5.74) is 2.34. The molecule has 1 aliphatic heterocycles. The number of ether oxygens (including phenoxy) is 1. The summed E-state index contributed by atoms with van der Waals surface area (Å²) in [6, 6.07) is 20.1. The minimum atomic E-state index is -0.0608.